The fraction of sp³-hybridized carbons (Fsp3) is 0.0625. The van der Waals surface area contributed by atoms with Gasteiger partial charge < -0.3 is 4.74 Å². The van der Waals surface area contributed by atoms with E-state index in [2.05, 4.69) is 9.97 Å². The van der Waals surface area contributed by atoms with Crippen molar-refractivity contribution in [3.63, 3.8) is 0 Å². The molecular weight excluding hydrogens is 284 g/mol. The molecule has 0 bridgehead atoms. The third-order valence-electron chi connectivity index (χ3n) is 2.86. The zero-order chi connectivity index (χ0) is 14.7. The van der Waals surface area contributed by atoms with Crippen LogP contribution in [0.4, 0.5) is 0 Å². The Morgan fingerprint density at radius 3 is 2.67 bits per heavy atom. The lowest BCUT2D eigenvalue weighted by atomic mass is 10.2. The molecule has 104 valence electrons. The fourth-order valence-corrected chi connectivity index (χ4v) is 2.64. The molecule has 0 fully saturated rings. The summed E-state index contributed by atoms with van der Waals surface area (Å²) < 4.78 is 5.37. The number of hydrogen-bond acceptors (Lipinski definition) is 5. The second kappa shape index (κ2) is 5.85. The number of ether oxygens (including phenoxy) is 1. The van der Waals surface area contributed by atoms with E-state index in [4.69, 9.17) is 4.74 Å². The third-order valence-corrected chi connectivity index (χ3v) is 3.86. The lowest BCUT2D eigenvalue weighted by Crippen LogP contribution is -2.08. The van der Waals surface area contributed by atoms with E-state index in [9.17, 15) is 4.79 Å². The zero-order valence-electron chi connectivity index (χ0n) is 11.3. The van der Waals surface area contributed by atoms with Crippen molar-refractivity contribution in [2.45, 2.75) is 6.92 Å². The number of carbonyl (C=O) groups is 1. The summed E-state index contributed by atoms with van der Waals surface area (Å²) in [5.74, 6) is -0.0468. The van der Waals surface area contributed by atoms with Crippen molar-refractivity contribution in [2.75, 3.05) is 0 Å². The van der Waals surface area contributed by atoms with Gasteiger partial charge in [0, 0.05) is 18.0 Å². The van der Waals surface area contributed by atoms with Crippen molar-refractivity contribution in [3.05, 3.63) is 65.3 Å². The van der Waals surface area contributed by atoms with Crippen molar-refractivity contribution in [1.82, 2.24) is 9.97 Å². The first-order chi connectivity index (χ1) is 10.2. The van der Waals surface area contributed by atoms with Gasteiger partial charge in [-0.05, 0) is 31.2 Å². The Balaban J connectivity index is 1.84. The fourth-order valence-electron chi connectivity index (χ4n) is 1.81. The molecule has 3 rings (SSSR count). The van der Waals surface area contributed by atoms with Crippen LogP contribution in [0, 0.1) is 6.92 Å². The lowest BCUT2D eigenvalue weighted by molar-refractivity contribution is 0.0727. The maximum Gasteiger partial charge on any atom is 0.344 e. The summed E-state index contributed by atoms with van der Waals surface area (Å²) in [4.78, 5) is 21.3. The Bertz CT molecular complexity index is 754. The maximum absolute atomic E-state index is 12.0. The van der Waals surface area contributed by atoms with Gasteiger partial charge in [-0.2, -0.15) is 0 Å². The summed E-state index contributed by atoms with van der Waals surface area (Å²) >= 11 is 1.48. The molecule has 0 aliphatic carbocycles. The molecule has 0 spiro atoms. The summed E-state index contributed by atoms with van der Waals surface area (Å²) in [7, 11) is 0. The van der Waals surface area contributed by atoms with E-state index in [1.165, 1.54) is 11.3 Å². The van der Waals surface area contributed by atoms with Crippen molar-refractivity contribution in [3.8, 4) is 16.5 Å². The van der Waals surface area contributed by atoms with Gasteiger partial charge in [-0.25, -0.2) is 9.78 Å². The first-order valence-electron chi connectivity index (χ1n) is 6.39. The molecule has 21 heavy (non-hydrogen) atoms. The molecule has 3 aromatic rings. The Labute approximate surface area is 126 Å². The van der Waals surface area contributed by atoms with Crippen LogP contribution in [-0.4, -0.2) is 15.9 Å². The lowest BCUT2D eigenvalue weighted by Gasteiger charge is -2.01. The molecule has 0 atom stereocenters. The number of thiazole rings is 1. The number of pyridine rings is 1. The Morgan fingerprint density at radius 1 is 1.14 bits per heavy atom. The molecular formula is C16H12N2O2S. The van der Waals surface area contributed by atoms with Gasteiger partial charge in [-0.1, -0.05) is 18.2 Å². The molecule has 0 unspecified atom stereocenters. The predicted molar refractivity (Wildman–Crippen MR) is 81.5 cm³/mol. The van der Waals surface area contributed by atoms with Gasteiger partial charge in [-0.3, -0.25) is 4.98 Å². The number of aryl methyl sites for hydroxylation is 1. The molecule has 1 aromatic carbocycles. The van der Waals surface area contributed by atoms with Crippen LogP contribution in [0.3, 0.4) is 0 Å². The van der Waals surface area contributed by atoms with Gasteiger partial charge in [0.05, 0.1) is 10.4 Å². The van der Waals surface area contributed by atoms with E-state index >= 15 is 0 Å². The molecule has 0 saturated heterocycles. The second-order valence-electron chi connectivity index (χ2n) is 4.38. The number of benzene rings is 1. The summed E-state index contributed by atoms with van der Waals surface area (Å²) in [5.41, 5.74) is 1.42. The van der Waals surface area contributed by atoms with Crippen LogP contribution in [0.5, 0.6) is 5.88 Å². The first kappa shape index (κ1) is 13.5. The van der Waals surface area contributed by atoms with Crippen LogP contribution in [0.25, 0.3) is 10.6 Å². The number of rotatable bonds is 3. The highest BCUT2D eigenvalue weighted by molar-refractivity contribution is 7.15. The van der Waals surface area contributed by atoms with Crippen LogP contribution < -0.4 is 4.74 Å². The molecule has 5 heteroatoms. The Morgan fingerprint density at radius 2 is 1.95 bits per heavy atom. The number of aromatic nitrogens is 2. The highest BCUT2D eigenvalue weighted by Crippen LogP contribution is 2.31. The molecule has 0 radical (unpaired) electrons. The minimum absolute atomic E-state index is 0.354. The first-order valence-corrected chi connectivity index (χ1v) is 7.21. The van der Waals surface area contributed by atoms with Crippen LogP contribution in [0.2, 0.25) is 0 Å². The monoisotopic (exact) mass is 296 g/mol. The van der Waals surface area contributed by atoms with E-state index in [0.29, 0.717) is 11.4 Å². The summed E-state index contributed by atoms with van der Waals surface area (Å²) in [6, 6.07) is 12.6. The van der Waals surface area contributed by atoms with Gasteiger partial charge in [-0.15, -0.1) is 11.3 Å². The SMILES string of the molecule is Cc1sc(-c2cccnc2)nc1OC(=O)c1ccccc1. The molecule has 0 saturated carbocycles. The van der Waals surface area contributed by atoms with E-state index in [1.807, 2.05) is 25.1 Å². The van der Waals surface area contributed by atoms with Gasteiger partial charge in [0.25, 0.3) is 0 Å². The molecule has 4 nitrogen and oxygen atoms in total. The topological polar surface area (TPSA) is 52.1 Å². The van der Waals surface area contributed by atoms with Crippen molar-refractivity contribution in [1.29, 1.82) is 0 Å². The average molecular weight is 296 g/mol. The molecule has 0 N–H and O–H groups in total. The van der Waals surface area contributed by atoms with Gasteiger partial charge in [0.1, 0.15) is 5.01 Å². The van der Waals surface area contributed by atoms with Crippen LogP contribution in [0.1, 0.15) is 15.2 Å². The molecule has 0 aliphatic rings. The van der Waals surface area contributed by atoms with E-state index < -0.39 is 5.97 Å². The Hall–Kier alpha value is -2.53. The Kier molecular flexibility index (Phi) is 3.75. The van der Waals surface area contributed by atoms with Crippen molar-refractivity contribution in [2.24, 2.45) is 0 Å². The quantitative estimate of drug-likeness (QED) is 0.691. The standard InChI is InChI=1S/C16H12N2O2S/c1-11-14(20-16(19)12-6-3-2-4-7-12)18-15(21-11)13-8-5-9-17-10-13/h2-10H,1H3. The number of carbonyl (C=O) groups excluding carboxylic acids is 1. The summed E-state index contributed by atoms with van der Waals surface area (Å²) in [5, 5.41) is 0.788. The van der Waals surface area contributed by atoms with Crippen molar-refractivity contribution >= 4 is 17.3 Å². The van der Waals surface area contributed by atoms with Crippen LogP contribution in [-0.2, 0) is 0 Å². The maximum atomic E-state index is 12.0. The van der Waals surface area contributed by atoms with Crippen LogP contribution in [0.15, 0.2) is 54.9 Å². The van der Waals surface area contributed by atoms with Gasteiger partial charge in [0.2, 0.25) is 5.88 Å². The largest absolute Gasteiger partial charge is 0.403 e. The number of nitrogens with zero attached hydrogens (tertiary/aromatic N) is 2. The molecule has 0 aliphatic heterocycles. The van der Waals surface area contributed by atoms with Gasteiger partial charge in [0.15, 0.2) is 0 Å². The van der Waals surface area contributed by atoms with Gasteiger partial charge >= 0.3 is 5.97 Å². The summed E-state index contributed by atoms with van der Waals surface area (Å²) in [6.07, 6.45) is 3.45. The highest BCUT2D eigenvalue weighted by Gasteiger charge is 2.15. The number of hydrogen-bond donors (Lipinski definition) is 0. The smallest absolute Gasteiger partial charge is 0.344 e. The minimum atomic E-state index is -0.401. The van der Waals surface area contributed by atoms with Crippen LogP contribution >= 0.6 is 11.3 Å². The second-order valence-corrected chi connectivity index (χ2v) is 5.58. The molecule has 2 aromatic heterocycles. The highest BCUT2D eigenvalue weighted by atomic mass is 32.1. The summed E-state index contributed by atoms with van der Waals surface area (Å²) in [6.45, 7) is 1.88. The molecule has 2 heterocycles. The van der Waals surface area contributed by atoms with E-state index in [1.54, 1.807) is 36.7 Å². The minimum Gasteiger partial charge on any atom is -0.403 e. The average Bonchev–Trinajstić information content (AvgIpc) is 2.90. The van der Waals surface area contributed by atoms with E-state index in [0.717, 1.165) is 15.4 Å². The normalized spacial score (nSPS) is 10.3. The predicted octanol–water partition coefficient (Wildman–Crippen LogP) is 3.73. The zero-order valence-corrected chi connectivity index (χ0v) is 12.1. The van der Waals surface area contributed by atoms with E-state index in [-0.39, 0.29) is 0 Å². The number of esters is 1. The van der Waals surface area contributed by atoms with Crippen molar-refractivity contribution < 1.29 is 9.53 Å². The third kappa shape index (κ3) is 2.98. The molecule has 0 amide bonds.